The number of hydrogen-bond donors (Lipinski definition) is 1. The van der Waals surface area contributed by atoms with Gasteiger partial charge in [-0.2, -0.15) is 0 Å². The molecule has 0 spiro atoms. The standard InChI is InChI=1S/C21H26BrNO3/c1-15(2)8-7-9-16(3)23-21(24)26-20-13-12-18(14-19(20)22)25-17-10-5-4-6-11-17/h4-6,10-16H,7-9H2,1-3H3,(H,23,24). The Balaban J connectivity index is 1.86. The zero-order valence-electron chi connectivity index (χ0n) is 15.5. The number of carbonyl (C=O) groups excluding carboxylic acids is 1. The van der Waals surface area contributed by atoms with Crippen LogP contribution in [0.3, 0.4) is 0 Å². The number of benzene rings is 2. The second-order valence-corrected chi connectivity index (χ2v) is 7.62. The Morgan fingerprint density at radius 3 is 2.42 bits per heavy atom. The van der Waals surface area contributed by atoms with E-state index in [1.165, 1.54) is 0 Å². The zero-order chi connectivity index (χ0) is 18.9. The van der Waals surface area contributed by atoms with Gasteiger partial charge in [0.1, 0.15) is 17.2 Å². The van der Waals surface area contributed by atoms with Crippen molar-refractivity contribution in [3.8, 4) is 17.2 Å². The van der Waals surface area contributed by atoms with Crippen molar-refractivity contribution >= 4 is 22.0 Å². The number of rotatable bonds is 8. The largest absolute Gasteiger partial charge is 0.457 e. The van der Waals surface area contributed by atoms with E-state index in [9.17, 15) is 4.79 Å². The number of nitrogens with one attached hydrogen (secondary N) is 1. The van der Waals surface area contributed by atoms with Gasteiger partial charge in [0, 0.05) is 6.04 Å². The summed E-state index contributed by atoms with van der Waals surface area (Å²) in [5.74, 6) is 2.55. The fraction of sp³-hybridized carbons (Fsp3) is 0.381. The molecule has 1 unspecified atom stereocenters. The molecule has 0 saturated carbocycles. The Morgan fingerprint density at radius 2 is 1.77 bits per heavy atom. The molecule has 0 heterocycles. The lowest BCUT2D eigenvalue weighted by molar-refractivity contribution is 0.195. The lowest BCUT2D eigenvalue weighted by Crippen LogP contribution is -2.34. The van der Waals surface area contributed by atoms with Crippen molar-refractivity contribution in [3.05, 3.63) is 53.0 Å². The van der Waals surface area contributed by atoms with Crippen LogP contribution in [0.25, 0.3) is 0 Å². The van der Waals surface area contributed by atoms with Crippen molar-refractivity contribution in [2.45, 2.75) is 46.1 Å². The monoisotopic (exact) mass is 419 g/mol. The van der Waals surface area contributed by atoms with Gasteiger partial charge in [0.2, 0.25) is 0 Å². The summed E-state index contributed by atoms with van der Waals surface area (Å²) in [4.78, 5) is 12.1. The van der Waals surface area contributed by atoms with Gasteiger partial charge in [-0.05, 0) is 65.5 Å². The first-order chi connectivity index (χ1) is 12.4. The molecule has 2 aromatic rings. The molecule has 1 amide bonds. The molecular formula is C21H26BrNO3. The summed E-state index contributed by atoms with van der Waals surface area (Å²) in [6.07, 6.45) is 2.75. The summed E-state index contributed by atoms with van der Waals surface area (Å²) in [7, 11) is 0. The molecule has 0 aliphatic rings. The highest BCUT2D eigenvalue weighted by molar-refractivity contribution is 9.10. The van der Waals surface area contributed by atoms with Gasteiger partial charge in [-0.25, -0.2) is 4.79 Å². The highest BCUT2D eigenvalue weighted by Gasteiger charge is 2.12. The predicted octanol–water partition coefficient (Wildman–Crippen LogP) is 6.54. The van der Waals surface area contributed by atoms with Gasteiger partial charge >= 0.3 is 6.09 Å². The van der Waals surface area contributed by atoms with Crippen LogP contribution in [0.5, 0.6) is 17.2 Å². The average Bonchev–Trinajstić information content (AvgIpc) is 2.58. The summed E-state index contributed by atoms with van der Waals surface area (Å²) in [5, 5.41) is 2.87. The minimum absolute atomic E-state index is 0.0840. The van der Waals surface area contributed by atoms with Crippen LogP contribution in [0.4, 0.5) is 4.79 Å². The third kappa shape index (κ3) is 7.08. The Morgan fingerprint density at radius 1 is 1.04 bits per heavy atom. The van der Waals surface area contributed by atoms with E-state index in [4.69, 9.17) is 9.47 Å². The quantitative estimate of drug-likeness (QED) is 0.527. The van der Waals surface area contributed by atoms with Crippen LogP contribution in [0.1, 0.15) is 40.0 Å². The molecule has 0 fully saturated rings. The molecular weight excluding hydrogens is 394 g/mol. The summed E-state index contributed by atoms with van der Waals surface area (Å²) in [6.45, 7) is 6.40. The Bertz CT molecular complexity index is 704. The summed E-state index contributed by atoms with van der Waals surface area (Å²) >= 11 is 3.43. The first-order valence-electron chi connectivity index (χ1n) is 8.95. The van der Waals surface area contributed by atoms with Gasteiger partial charge in [-0.15, -0.1) is 0 Å². The Labute approximate surface area is 164 Å². The Hall–Kier alpha value is -2.01. The van der Waals surface area contributed by atoms with Crippen LogP contribution in [0.2, 0.25) is 0 Å². The van der Waals surface area contributed by atoms with Crippen molar-refractivity contribution in [1.82, 2.24) is 5.32 Å². The number of para-hydroxylation sites is 1. The minimum Gasteiger partial charge on any atom is -0.457 e. The van der Waals surface area contributed by atoms with Crippen molar-refractivity contribution in [2.24, 2.45) is 5.92 Å². The van der Waals surface area contributed by atoms with Gasteiger partial charge in [0.05, 0.1) is 4.47 Å². The number of carbonyl (C=O) groups is 1. The number of ether oxygens (including phenoxy) is 2. The molecule has 1 atom stereocenters. The van der Waals surface area contributed by atoms with E-state index >= 15 is 0 Å². The van der Waals surface area contributed by atoms with E-state index in [0.717, 1.165) is 25.0 Å². The number of amides is 1. The molecule has 0 aromatic heterocycles. The van der Waals surface area contributed by atoms with E-state index < -0.39 is 6.09 Å². The maximum absolute atomic E-state index is 12.1. The maximum Gasteiger partial charge on any atom is 0.412 e. The van der Waals surface area contributed by atoms with Crippen LogP contribution >= 0.6 is 15.9 Å². The molecule has 2 rings (SSSR count). The van der Waals surface area contributed by atoms with Gasteiger partial charge in [0.25, 0.3) is 0 Å². The average molecular weight is 420 g/mol. The molecule has 1 N–H and O–H groups in total. The van der Waals surface area contributed by atoms with Crippen molar-refractivity contribution in [1.29, 1.82) is 0 Å². The van der Waals surface area contributed by atoms with Crippen LogP contribution in [-0.2, 0) is 0 Å². The molecule has 140 valence electrons. The second-order valence-electron chi connectivity index (χ2n) is 6.77. The minimum atomic E-state index is -0.445. The lowest BCUT2D eigenvalue weighted by Gasteiger charge is -2.15. The molecule has 0 aliphatic heterocycles. The number of halogens is 1. The zero-order valence-corrected chi connectivity index (χ0v) is 17.1. The molecule has 2 aromatic carbocycles. The highest BCUT2D eigenvalue weighted by Crippen LogP contribution is 2.31. The maximum atomic E-state index is 12.1. The summed E-state index contributed by atoms with van der Waals surface area (Å²) in [6, 6.07) is 14.9. The van der Waals surface area contributed by atoms with Crippen LogP contribution in [0, 0.1) is 5.92 Å². The molecule has 0 aliphatic carbocycles. The highest BCUT2D eigenvalue weighted by atomic mass is 79.9. The number of hydrogen-bond acceptors (Lipinski definition) is 3. The third-order valence-electron chi connectivity index (χ3n) is 3.87. The van der Waals surface area contributed by atoms with E-state index in [-0.39, 0.29) is 6.04 Å². The molecule has 26 heavy (non-hydrogen) atoms. The second kappa shape index (κ2) is 10.2. The third-order valence-corrected chi connectivity index (χ3v) is 4.49. The Kier molecular flexibility index (Phi) is 7.98. The first kappa shape index (κ1) is 20.3. The fourth-order valence-electron chi connectivity index (χ4n) is 2.49. The molecule has 4 nitrogen and oxygen atoms in total. The van der Waals surface area contributed by atoms with Gasteiger partial charge in [-0.1, -0.05) is 44.9 Å². The molecule has 5 heteroatoms. The molecule has 0 radical (unpaired) electrons. The van der Waals surface area contributed by atoms with Gasteiger partial charge < -0.3 is 14.8 Å². The molecule has 0 bridgehead atoms. The van der Waals surface area contributed by atoms with E-state index in [0.29, 0.717) is 21.9 Å². The SMILES string of the molecule is CC(C)CCCC(C)NC(=O)Oc1ccc(Oc2ccccc2)cc1Br. The van der Waals surface area contributed by atoms with Gasteiger partial charge in [0.15, 0.2) is 0 Å². The first-order valence-corrected chi connectivity index (χ1v) is 9.74. The fourth-order valence-corrected chi connectivity index (χ4v) is 2.93. The van der Waals surface area contributed by atoms with Crippen LogP contribution in [0.15, 0.2) is 53.0 Å². The summed E-state index contributed by atoms with van der Waals surface area (Å²) < 4.78 is 11.8. The predicted molar refractivity (Wildman–Crippen MR) is 108 cm³/mol. The van der Waals surface area contributed by atoms with E-state index in [1.54, 1.807) is 18.2 Å². The molecule has 0 saturated heterocycles. The summed E-state index contributed by atoms with van der Waals surface area (Å²) in [5.41, 5.74) is 0. The normalized spacial score (nSPS) is 11.9. The van der Waals surface area contributed by atoms with Crippen molar-refractivity contribution in [2.75, 3.05) is 0 Å². The van der Waals surface area contributed by atoms with Crippen molar-refractivity contribution in [3.63, 3.8) is 0 Å². The topological polar surface area (TPSA) is 47.6 Å². The van der Waals surface area contributed by atoms with Crippen LogP contribution < -0.4 is 14.8 Å². The van der Waals surface area contributed by atoms with E-state index in [1.807, 2.05) is 37.3 Å². The lowest BCUT2D eigenvalue weighted by atomic mass is 10.0. The van der Waals surface area contributed by atoms with E-state index in [2.05, 4.69) is 35.1 Å². The smallest absolute Gasteiger partial charge is 0.412 e. The van der Waals surface area contributed by atoms with Gasteiger partial charge in [-0.3, -0.25) is 0 Å². The van der Waals surface area contributed by atoms with Crippen molar-refractivity contribution < 1.29 is 14.3 Å². The van der Waals surface area contributed by atoms with Crippen LogP contribution in [-0.4, -0.2) is 12.1 Å².